The van der Waals surface area contributed by atoms with Gasteiger partial charge in [-0.15, -0.1) is 0 Å². The van der Waals surface area contributed by atoms with E-state index in [0.29, 0.717) is 42.0 Å². The highest BCUT2D eigenvalue weighted by molar-refractivity contribution is 6.34. The Morgan fingerprint density at radius 3 is 2.31 bits per heavy atom. The SMILES string of the molecule is C=C(N)c1ccc(CCC)c(F)c1-c1c(Cl)c(F)cc2c1C(C)C(CNCCCCC(=C)N1CCC(CN3CCC(c4ccc5c(N(C)CCC)nn(C)c5c4)CC3)CC1)(c1ccccc1)C2.C=CNC=C. The molecule has 8 rings (SSSR count). The number of unbranched alkanes of at least 4 members (excludes halogenated alkanes) is 1. The van der Waals surface area contributed by atoms with Gasteiger partial charge in [0.2, 0.25) is 0 Å². The molecule has 1 aromatic heterocycles. The van der Waals surface area contributed by atoms with E-state index in [9.17, 15) is 0 Å². The van der Waals surface area contributed by atoms with E-state index < -0.39 is 17.0 Å². The highest BCUT2D eigenvalue weighted by atomic mass is 35.5. The maximum atomic E-state index is 16.6. The van der Waals surface area contributed by atoms with E-state index in [4.69, 9.17) is 22.4 Å². The van der Waals surface area contributed by atoms with Crippen LogP contribution in [-0.2, 0) is 25.3 Å². The van der Waals surface area contributed by atoms with Crippen LogP contribution in [0.5, 0.6) is 0 Å². The van der Waals surface area contributed by atoms with Gasteiger partial charge in [0.1, 0.15) is 11.6 Å². The average molecular weight is 1000 g/mol. The molecule has 4 aromatic carbocycles. The van der Waals surface area contributed by atoms with Gasteiger partial charge in [0.25, 0.3) is 0 Å². The third kappa shape index (κ3) is 12.0. The molecule has 386 valence electrons. The van der Waals surface area contributed by atoms with Crippen molar-refractivity contribution in [3.63, 3.8) is 0 Å². The number of aromatic nitrogens is 2. The molecule has 3 heterocycles. The third-order valence-electron chi connectivity index (χ3n) is 16.0. The van der Waals surface area contributed by atoms with E-state index in [1.165, 1.54) is 73.0 Å². The maximum absolute atomic E-state index is 16.6. The molecule has 2 fully saturated rings. The summed E-state index contributed by atoms with van der Waals surface area (Å²) in [4.78, 5) is 7.53. The second-order valence-corrected chi connectivity index (χ2v) is 21.1. The average Bonchev–Trinajstić information content (AvgIpc) is 3.86. The molecule has 0 bridgehead atoms. The Labute approximate surface area is 435 Å². The van der Waals surface area contributed by atoms with Gasteiger partial charge in [-0.25, -0.2) is 8.78 Å². The predicted molar refractivity (Wildman–Crippen MR) is 301 cm³/mol. The van der Waals surface area contributed by atoms with Gasteiger partial charge in [0, 0.05) is 85.7 Å². The van der Waals surface area contributed by atoms with Gasteiger partial charge in [-0.3, -0.25) is 4.68 Å². The first-order chi connectivity index (χ1) is 34.8. The molecule has 0 amide bonds. The van der Waals surface area contributed by atoms with Crippen LogP contribution in [0.1, 0.15) is 124 Å². The second-order valence-electron chi connectivity index (χ2n) is 20.7. The van der Waals surface area contributed by atoms with Crippen molar-refractivity contribution in [2.75, 3.05) is 64.3 Å². The standard InChI is InChI=1S/C57H74ClF2N7.C4H7N/c1-8-15-43-19-21-47(40(5)61)52(55(43)60)53-51-39(4)57(46-17-11-10-12-18-46,35-45(51)33-49(59)54(53)58)37-62-27-14-13-16-38(3)67-31-23-41(24-32-67)36-66-29-25-42(26-30-66)44-20-22-48-50(34-44)65(7)63-56(48)64(6)28-9-2;1-3-5-4-2/h10-12,17-22,33-34,39,41-42,62H,3,5,8-9,13-16,23-32,35-37,61H2,1-2,4,6-7H3;3-5H,1-2H2. The van der Waals surface area contributed by atoms with Crippen LogP contribution in [0.3, 0.4) is 0 Å². The second kappa shape index (κ2) is 25.0. The Hall–Kier alpha value is -5.42. The summed E-state index contributed by atoms with van der Waals surface area (Å²) < 4.78 is 34.6. The van der Waals surface area contributed by atoms with Crippen LogP contribution < -0.4 is 21.3 Å². The van der Waals surface area contributed by atoms with E-state index in [0.717, 1.165) is 81.1 Å². The van der Waals surface area contributed by atoms with Gasteiger partial charge < -0.3 is 31.1 Å². The lowest BCUT2D eigenvalue weighted by molar-refractivity contribution is 0.140. The van der Waals surface area contributed by atoms with Crippen molar-refractivity contribution in [3.05, 3.63) is 161 Å². The van der Waals surface area contributed by atoms with Crippen LogP contribution >= 0.6 is 11.6 Å². The summed E-state index contributed by atoms with van der Waals surface area (Å²) in [6.07, 6.45) is 14.1. The largest absolute Gasteiger partial charge is 0.399 e. The number of nitrogens with zero attached hydrogens (tertiary/aromatic N) is 5. The van der Waals surface area contributed by atoms with Crippen LogP contribution in [-0.4, -0.2) is 79.0 Å². The summed E-state index contributed by atoms with van der Waals surface area (Å²) in [5, 5.41) is 12.5. The Morgan fingerprint density at radius 2 is 1.65 bits per heavy atom. The minimum absolute atomic E-state index is 0.0711. The topological polar surface area (TPSA) is 77.6 Å². The smallest absolute Gasteiger partial charge is 0.158 e. The lowest BCUT2D eigenvalue weighted by Crippen LogP contribution is -2.41. The van der Waals surface area contributed by atoms with Crippen LogP contribution in [0.15, 0.2) is 111 Å². The number of hydrogen-bond acceptors (Lipinski definition) is 7. The lowest BCUT2D eigenvalue weighted by atomic mass is 9.70. The molecule has 0 radical (unpaired) electrons. The summed E-state index contributed by atoms with van der Waals surface area (Å²) in [5.74, 6) is 1.38. The van der Waals surface area contributed by atoms with Crippen molar-refractivity contribution >= 4 is 34.0 Å². The fourth-order valence-electron chi connectivity index (χ4n) is 12.0. The molecule has 5 aromatic rings. The molecule has 2 unspecified atom stereocenters. The van der Waals surface area contributed by atoms with E-state index in [-0.39, 0.29) is 22.2 Å². The lowest BCUT2D eigenvalue weighted by Gasteiger charge is -2.39. The first-order valence-corrected chi connectivity index (χ1v) is 27.0. The number of nitrogens with one attached hydrogen (secondary N) is 2. The van der Waals surface area contributed by atoms with Crippen LogP contribution in [0.2, 0.25) is 5.02 Å². The predicted octanol–water partition coefficient (Wildman–Crippen LogP) is 13.2. The van der Waals surface area contributed by atoms with Crippen LogP contribution in [0.25, 0.3) is 27.7 Å². The molecule has 3 aliphatic rings. The molecular weight excluding hydrogens is 918 g/mol. The van der Waals surface area contributed by atoms with Crippen molar-refractivity contribution < 1.29 is 8.78 Å². The number of piperidine rings is 2. The Bertz CT molecular complexity index is 2660. The van der Waals surface area contributed by atoms with E-state index in [2.05, 4.69) is 127 Å². The quantitative estimate of drug-likeness (QED) is 0.0632. The molecule has 1 aliphatic carbocycles. The van der Waals surface area contributed by atoms with Crippen molar-refractivity contribution in [2.24, 2.45) is 18.7 Å². The molecule has 8 nitrogen and oxygen atoms in total. The molecule has 11 heteroatoms. The van der Waals surface area contributed by atoms with Gasteiger partial charge >= 0.3 is 0 Å². The van der Waals surface area contributed by atoms with Crippen molar-refractivity contribution in [1.29, 1.82) is 0 Å². The van der Waals surface area contributed by atoms with Gasteiger partial charge in [0.05, 0.1) is 10.5 Å². The van der Waals surface area contributed by atoms with Gasteiger partial charge in [0.15, 0.2) is 5.82 Å². The number of allylic oxidation sites excluding steroid dienone is 1. The Balaban J connectivity index is 0.00000145. The van der Waals surface area contributed by atoms with Crippen molar-refractivity contribution in [3.8, 4) is 11.1 Å². The number of nitrogens with two attached hydrogens (primary N) is 1. The molecule has 4 N–H and O–H groups in total. The van der Waals surface area contributed by atoms with Crippen molar-refractivity contribution in [2.45, 2.75) is 109 Å². The van der Waals surface area contributed by atoms with Gasteiger partial charge in [-0.2, -0.15) is 5.10 Å². The monoisotopic (exact) mass is 999 g/mol. The number of anilines is 1. The highest BCUT2D eigenvalue weighted by Gasteiger charge is 2.47. The van der Waals surface area contributed by atoms with E-state index >= 15 is 8.78 Å². The molecule has 2 aliphatic heterocycles. The maximum Gasteiger partial charge on any atom is 0.158 e. The summed E-state index contributed by atoms with van der Waals surface area (Å²) in [7, 11) is 4.22. The first kappa shape index (κ1) is 54.4. The fourth-order valence-corrected chi connectivity index (χ4v) is 12.2. The third-order valence-corrected chi connectivity index (χ3v) is 16.3. The van der Waals surface area contributed by atoms with E-state index in [1.807, 2.05) is 13.0 Å². The summed E-state index contributed by atoms with van der Waals surface area (Å²) >= 11 is 6.89. The van der Waals surface area contributed by atoms with Gasteiger partial charge in [-0.05, 0) is 160 Å². The minimum atomic E-state index is -0.547. The molecule has 2 atom stereocenters. The minimum Gasteiger partial charge on any atom is -0.399 e. The summed E-state index contributed by atoms with van der Waals surface area (Å²) in [6, 6.07) is 22.7. The number of likely N-dealkylation sites (tertiary alicyclic amines) is 2. The number of rotatable bonds is 21. The zero-order chi connectivity index (χ0) is 51.5. The molecule has 0 spiro atoms. The number of aryl methyl sites for hydroxylation is 2. The molecule has 72 heavy (non-hydrogen) atoms. The van der Waals surface area contributed by atoms with Crippen LogP contribution in [0, 0.1) is 17.6 Å². The Morgan fingerprint density at radius 1 is 0.931 bits per heavy atom. The fraction of sp³-hybridized carbons (Fsp3) is 0.459. The number of halogens is 3. The normalized spacial score (nSPS) is 18.4. The molecular formula is C61H81ClF2N8. The zero-order valence-electron chi connectivity index (χ0n) is 43.9. The molecule has 2 saturated heterocycles. The number of hydrogen-bond donors (Lipinski definition) is 3. The van der Waals surface area contributed by atoms with Crippen LogP contribution in [0.4, 0.5) is 14.6 Å². The van der Waals surface area contributed by atoms with E-state index in [1.54, 1.807) is 30.6 Å². The Kier molecular flexibility index (Phi) is 18.9. The summed E-state index contributed by atoms with van der Waals surface area (Å²) in [5.41, 5.74) is 14.6. The zero-order valence-corrected chi connectivity index (χ0v) is 44.7. The van der Waals surface area contributed by atoms with Gasteiger partial charge in [-0.1, -0.05) is 114 Å². The first-order valence-electron chi connectivity index (χ1n) is 26.6. The van der Waals surface area contributed by atoms with Crippen molar-refractivity contribution in [1.82, 2.24) is 30.2 Å². The highest BCUT2D eigenvalue weighted by Crippen LogP contribution is 2.55. The molecule has 0 saturated carbocycles. The number of fused-ring (bicyclic) bond motifs is 2. The summed E-state index contributed by atoms with van der Waals surface area (Å²) in [6.45, 7) is 30.0. The number of benzene rings is 4.